The number of nitrogens with one attached hydrogen (secondary N) is 2. The molecule has 2 aromatic carbocycles. The van der Waals surface area contributed by atoms with E-state index in [2.05, 4.69) is 28.5 Å². The predicted molar refractivity (Wildman–Crippen MR) is 123 cm³/mol. The molecule has 0 saturated carbocycles. The van der Waals surface area contributed by atoms with E-state index in [9.17, 15) is 13.2 Å². The van der Waals surface area contributed by atoms with Gasteiger partial charge in [0.15, 0.2) is 0 Å². The molecule has 2 N–H and O–H groups in total. The first-order valence-electron chi connectivity index (χ1n) is 10.9. The smallest absolute Gasteiger partial charge is 0.238 e. The number of carbonyl (C=O) groups is 1. The molecular weight excluding hydrogens is 410 g/mol. The van der Waals surface area contributed by atoms with Gasteiger partial charge in [-0.15, -0.1) is 0 Å². The van der Waals surface area contributed by atoms with Crippen molar-refractivity contribution in [1.29, 1.82) is 0 Å². The fraction of sp³-hybridized carbons (Fsp3) is 0.375. The van der Waals surface area contributed by atoms with E-state index in [0.717, 1.165) is 22.0 Å². The summed E-state index contributed by atoms with van der Waals surface area (Å²) in [6.07, 6.45) is 3.83. The zero-order valence-corrected chi connectivity index (χ0v) is 18.6. The molecular formula is C24H29N3O3S. The van der Waals surface area contributed by atoms with E-state index in [0.29, 0.717) is 32.4 Å². The summed E-state index contributed by atoms with van der Waals surface area (Å²) in [6.45, 7) is 2.67. The second-order valence-electron chi connectivity index (χ2n) is 8.08. The minimum Gasteiger partial charge on any atom is -0.361 e. The molecule has 6 nitrogen and oxygen atoms in total. The number of carbonyl (C=O) groups excluding carboxylic acids is 1. The lowest BCUT2D eigenvalue weighted by atomic mass is 9.91. The molecule has 0 aliphatic carbocycles. The van der Waals surface area contributed by atoms with Crippen LogP contribution >= 0.6 is 0 Å². The summed E-state index contributed by atoms with van der Waals surface area (Å²) in [5.41, 5.74) is 3.27. The Balaban J connectivity index is 1.56. The zero-order valence-electron chi connectivity index (χ0n) is 17.8. The first-order valence-corrected chi connectivity index (χ1v) is 12.5. The standard InChI is InChI=1S/C24H29N3O3S/c1-2-15-31(29,30)27-14-8-13-23(27)24(28)26-16-20(18-9-4-3-5-10-18)21-17-25-22-12-7-6-11-19(21)22/h3-7,9-12,17,20,23,25H,2,8,13-16H2,1H3,(H,26,28). The molecule has 4 rings (SSSR count). The molecule has 0 radical (unpaired) electrons. The molecule has 1 aromatic heterocycles. The van der Waals surface area contributed by atoms with Gasteiger partial charge in [0.1, 0.15) is 6.04 Å². The SMILES string of the molecule is CCCS(=O)(=O)N1CCCC1C(=O)NCC(c1ccccc1)c1c[nH]c2ccccc12. The maximum Gasteiger partial charge on any atom is 0.238 e. The third-order valence-electron chi connectivity index (χ3n) is 6.00. The van der Waals surface area contributed by atoms with Gasteiger partial charge in [-0.2, -0.15) is 4.31 Å². The highest BCUT2D eigenvalue weighted by atomic mass is 32.2. The second kappa shape index (κ2) is 9.24. The van der Waals surface area contributed by atoms with Gasteiger partial charge in [0.2, 0.25) is 15.9 Å². The van der Waals surface area contributed by atoms with Crippen LogP contribution in [0.25, 0.3) is 10.9 Å². The monoisotopic (exact) mass is 439 g/mol. The van der Waals surface area contributed by atoms with Crippen LogP contribution in [-0.2, 0) is 14.8 Å². The van der Waals surface area contributed by atoms with Crippen molar-refractivity contribution in [1.82, 2.24) is 14.6 Å². The predicted octanol–water partition coefficient (Wildman–Crippen LogP) is 3.62. The molecule has 2 heterocycles. The molecule has 1 fully saturated rings. The number of aromatic amines is 1. The van der Waals surface area contributed by atoms with E-state index >= 15 is 0 Å². The lowest BCUT2D eigenvalue weighted by Crippen LogP contribution is -2.47. The second-order valence-corrected chi connectivity index (χ2v) is 10.1. The molecule has 2 unspecified atom stereocenters. The van der Waals surface area contributed by atoms with Gasteiger partial charge in [-0.3, -0.25) is 4.79 Å². The largest absolute Gasteiger partial charge is 0.361 e. The van der Waals surface area contributed by atoms with Gasteiger partial charge in [0.25, 0.3) is 0 Å². The maximum atomic E-state index is 13.1. The molecule has 7 heteroatoms. The molecule has 1 amide bonds. The third-order valence-corrected chi connectivity index (χ3v) is 8.08. The summed E-state index contributed by atoms with van der Waals surface area (Å²) < 4.78 is 26.6. The van der Waals surface area contributed by atoms with Crippen LogP contribution in [0, 0.1) is 0 Å². The average molecular weight is 440 g/mol. The van der Waals surface area contributed by atoms with Crippen LogP contribution in [0.2, 0.25) is 0 Å². The van der Waals surface area contributed by atoms with E-state index in [1.165, 1.54) is 4.31 Å². The Morgan fingerprint density at radius 2 is 1.90 bits per heavy atom. The van der Waals surface area contributed by atoms with Crippen LogP contribution in [0.15, 0.2) is 60.8 Å². The van der Waals surface area contributed by atoms with Gasteiger partial charge >= 0.3 is 0 Å². The van der Waals surface area contributed by atoms with Crippen LogP contribution in [0.1, 0.15) is 43.2 Å². The molecule has 1 saturated heterocycles. The Morgan fingerprint density at radius 1 is 1.16 bits per heavy atom. The van der Waals surface area contributed by atoms with Crippen molar-refractivity contribution >= 4 is 26.8 Å². The van der Waals surface area contributed by atoms with Crippen LogP contribution < -0.4 is 5.32 Å². The lowest BCUT2D eigenvalue weighted by molar-refractivity contribution is -0.124. The molecule has 164 valence electrons. The number of hydrogen-bond donors (Lipinski definition) is 2. The van der Waals surface area contributed by atoms with E-state index in [1.54, 1.807) is 0 Å². The fourth-order valence-electron chi connectivity index (χ4n) is 4.51. The first-order chi connectivity index (χ1) is 15.0. The number of aromatic nitrogens is 1. The summed E-state index contributed by atoms with van der Waals surface area (Å²) in [7, 11) is -3.40. The Bertz CT molecular complexity index is 1140. The number of para-hydroxylation sites is 1. The lowest BCUT2D eigenvalue weighted by Gasteiger charge is -2.25. The Morgan fingerprint density at radius 3 is 2.68 bits per heavy atom. The van der Waals surface area contributed by atoms with Gasteiger partial charge in [0, 0.05) is 36.1 Å². The third kappa shape index (κ3) is 4.52. The van der Waals surface area contributed by atoms with Gasteiger partial charge in [0.05, 0.1) is 5.75 Å². The van der Waals surface area contributed by atoms with Crippen molar-refractivity contribution in [3.05, 3.63) is 71.9 Å². The minimum atomic E-state index is -3.40. The first kappa shape index (κ1) is 21.6. The highest BCUT2D eigenvalue weighted by Gasteiger charge is 2.38. The van der Waals surface area contributed by atoms with E-state index in [1.807, 2.05) is 49.5 Å². The number of amides is 1. The van der Waals surface area contributed by atoms with Crippen molar-refractivity contribution < 1.29 is 13.2 Å². The highest BCUT2D eigenvalue weighted by Crippen LogP contribution is 2.31. The van der Waals surface area contributed by atoms with E-state index in [4.69, 9.17) is 0 Å². The van der Waals surface area contributed by atoms with Crippen LogP contribution in [-0.4, -0.2) is 48.5 Å². The number of fused-ring (bicyclic) bond motifs is 1. The molecule has 31 heavy (non-hydrogen) atoms. The highest BCUT2D eigenvalue weighted by molar-refractivity contribution is 7.89. The number of rotatable bonds is 8. The van der Waals surface area contributed by atoms with E-state index < -0.39 is 16.1 Å². The Labute approximate surface area is 183 Å². The van der Waals surface area contributed by atoms with Crippen LogP contribution in [0.4, 0.5) is 0 Å². The van der Waals surface area contributed by atoms with Gasteiger partial charge in [-0.25, -0.2) is 8.42 Å². The minimum absolute atomic E-state index is 0.0385. The van der Waals surface area contributed by atoms with Gasteiger partial charge in [-0.1, -0.05) is 55.5 Å². The van der Waals surface area contributed by atoms with Crippen molar-refractivity contribution in [3.8, 4) is 0 Å². The van der Waals surface area contributed by atoms with Crippen molar-refractivity contribution in [2.45, 2.75) is 38.1 Å². The summed E-state index contributed by atoms with van der Waals surface area (Å²) in [5, 5.41) is 4.19. The number of H-pyrrole nitrogens is 1. The Hall–Kier alpha value is -2.64. The molecule has 3 aromatic rings. The molecule has 1 aliphatic rings. The topological polar surface area (TPSA) is 82.3 Å². The summed E-state index contributed by atoms with van der Waals surface area (Å²) in [5.74, 6) is -0.167. The number of benzene rings is 2. The van der Waals surface area contributed by atoms with E-state index in [-0.39, 0.29) is 17.6 Å². The molecule has 0 spiro atoms. The van der Waals surface area contributed by atoms with Crippen molar-refractivity contribution in [2.24, 2.45) is 0 Å². The maximum absolute atomic E-state index is 13.1. The number of nitrogens with zero attached hydrogens (tertiary/aromatic N) is 1. The Kier molecular flexibility index (Phi) is 6.43. The van der Waals surface area contributed by atoms with Crippen LogP contribution in [0.5, 0.6) is 0 Å². The quantitative estimate of drug-likeness (QED) is 0.562. The molecule has 0 bridgehead atoms. The molecule has 2 atom stereocenters. The molecule has 1 aliphatic heterocycles. The summed E-state index contributed by atoms with van der Waals surface area (Å²) in [4.78, 5) is 16.4. The summed E-state index contributed by atoms with van der Waals surface area (Å²) in [6, 6.07) is 17.6. The average Bonchev–Trinajstić information content (AvgIpc) is 3.43. The number of hydrogen-bond acceptors (Lipinski definition) is 3. The zero-order chi connectivity index (χ0) is 21.8. The van der Waals surface area contributed by atoms with Gasteiger partial charge < -0.3 is 10.3 Å². The fourth-order valence-corrected chi connectivity index (χ4v) is 6.25. The van der Waals surface area contributed by atoms with Crippen molar-refractivity contribution in [3.63, 3.8) is 0 Å². The van der Waals surface area contributed by atoms with Crippen molar-refractivity contribution in [2.75, 3.05) is 18.8 Å². The number of sulfonamides is 1. The summed E-state index contributed by atoms with van der Waals surface area (Å²) >= 11 is 0. The van der Waals surface area contributed by atoms with Gasteiger partial charge in [-0.05, 0) is 36.5 Å². The van der Waals surface area contributed by atoms with Crippen LogP contribution in [0.3, 0.4) is 0 Å². The normalized spacial score (nSPS) is 18.3.